The molecule has 23 heavy (non-hydrogen) atoms. The van der Waals surface area contributed by atoms with E-state index in [2.05, 4.69) is 15.9 Å². The zero-order chi connectivity index (χ0) is 17.2. The first kappa shape index (κ1) is 18.5. The number of esters is 1. The van der Waals surface area contributed by atoms with Crippen molar-refractivity contribution >= 4 is 50.9 Å². The van der Waals surface area contributed by atoms with Crippen molar-refractivity contribution in [2.24, 2.45) is 11.8 Å². The molecular weight excluding hydrogens is 407 g/mol. The molecule has 1 saturated carbocycles. The van der Waals surface area contributed by atoms with Gasteiger partial charge in [-0.1, -0.05) is 51.3 Å². The standard InChI is InChI=1S/C16H15BrCl2O4/c1-23-15(21)14-9(6-13(18)19)7-16(22,8-12(14)20)10-2-4-11(17)5-3-10/h2-6,9,14,22H,7-8H2,1H3. The van der Waals surface area contributed by atoms with Gasteiger partial charge in [0.25, 0.3) is 0 Å². The van der Waals surface area contributed by atoms with E-state index >= 15 is 0 Å². The second-order valence-corrected chi connectivity index (χ2v) is 7.43. The largest absolute Gasteiger partial charge is 0.468 e. The fourth-order valence-electron chi connectivity index (χ4n) is 2.95. The molecule has 1 aliphatic carbocycles. The van der Waals surface area contributed by atoms with Crippen LogP contribution in [0, 0.1) is 11.8 Å². The molecule has 0 heterocycles. The number of hydrogen-bond donors (Lipinski definition) is 1. The molecule has 0 amide bonds. The highest BCUT2D eigenvalue weighted by atomic mass is 79.9. The molecule has 2 rings (SSSR count). The summed E-state index contributed by atoms with van der Waals surface area (Å²) in [7, 11) is 1.22. The van der Waals surface area contributed by atoms with Crippen molar-refractivity contribution < 1.29 is 19.4 Å². The van der Waals surface area contributed by atoms with Crippen LogP contribution in [-0.4, -0.2) is 24.0 Å². The molecule has 0 saturated heterocycles. The first-order chi connectivity index (χ1) is 10.8. The maximum absolute atomic E-state index is 12.5. The van der Waals surface area contributed by atoms with E-state index in [-0.39, 0.29) is 17.3 Å². The lowest BCUT2D eigenvalue weighted by molar-refractivity contribution is -0.157. The third kappa shape index (κ3) is 4.15. The highest BCUT2D eigenvalue weighted by molar-refractivity contribution is 9.10. The molecule has 0 aliphatic heterocycles. The number of aliphatic hydroxyl groups is 1. The summed E-state index contributed by atoms with van der Waals surface area (Å²) in [4.78, 5) is 24.4. The monoisotopic (exact) mass is 420 g/mol. The van der Waals surface area contributed by atoms with Crippen molar-refractivity contribution in [3.05, 3.63) is 44.9 Å². The van der Waals surface area contributed by atoms with Gasteiger partial charge < -0.3 is 9.84 Å². The molecule has 0 bridgehead atoms. The molecule has 0 spiro atoms. The number of hydrogen-bond acceptors (Lipinski definition) is 4. The Morgan fingerprint density at radius 3 is 2.52 bits per heavy atom. The number of ketones is 1. The maximum Gasteiger partial charge on any atom is 0.316 e. The van der Waals surface area contributed by atoms with Gasteiger partial charge in [-0.05, 0) is 30.2 Å². The molecule has 7 heteroatoms. The number of carbonyl (C=O) groups excluding carboxylic acids is 2. The predicted molar refractivity (Wildman–Crippen MR) is 91.1 cm³/mol. The van der Waals surface area contributed by atoms with E-state index in [1.54, 1.807) is 24.3 Å². The van der Waals surface area contributed by atoms with E-state index in [4.69, 9.17) is 27.9 Å². The van der Waals surface area contributed by atoms with Gasteiger partial charge in [0.2, 0.25) is 0 Å². The van der Waals surface area contributed by atoms with Crippen LogP contribution >= 0.6 is 39.1 Å². The fourth-order valence-corrected chi connectivity index (χ4v) is 3.54. The van der Waals surface area contributed by atoms with Gasteiger partial charge in [-0.3, -0.25) is 9.59 Å². The van der Waals surface area contributed by atoms with Crippen LogP contribution in [0.3, 0.4) is 0 Å². The number of ether oxygens (including phenoxy) is 1. The second kappa shape index (κ2) is 7.34. The summed E-state index contributed by atoms with van der Waals surface area (Å²) in [5, 5.41) is 11.0. The van der Waals surface area contributed by atoms with Gasteiger partial charge >= 0.3 is 5.97 Å². The van der Waals surface area contributed by atoms with Crippen molar-refractivity contribution in [2.75, 3.05) is 7.11 Å². The fraction of sp³-hybridized carbons (Fsp3) is 0.375. The Balaban J connectivity index is 2.40. The van der Waals surface area contributed by atoms with Crippen LogP contribution in [-0.2, 0) is 19.9 Å². The summed E-state index contributed by atoms with van der Waals surface area (Å²) < 4.78 is 5.50. The van der Waals surface area contributed by atoms with Crippen LogP contribution in [0.2, 0.25) is 0 Å². The lowest BCUT2D eigenvalue weighted by Crippen LogP contribution is -2.45. The highest BCUT2D eigenvalue weighted by Gasteiger charge is 2.48. The summed E-state index contributed by atoms with van der Waals surface area (Å²) in [5.74, 6) is -2.70. The molecule has 1 aromatic carbocycles. The quantitative estimate of drug-likeness (QED) is 0.596. The molecule has 124 valence electrons. The van der Waals surface area contributed by atoms with Crippen molar-refractivity contribution in [1.82, 2.24) is 0 Å². The number of halogens is 3. The Hall–Kier alpha value is -0.880. The van der Waals surface area contributed by atoms with Crippen molar-refractivity contribution in [1.29, 1.82) is 0 Å². The van der Waals surface area contributed by atoms with Crippen molar-refractivity contribution in [2.45, 2.75) is 18.4 Å². The average molecular weight is 422 g/mol. The number of benzene rings is 1. The first-order valence-electron chi connectivity index (χ1n) is 6.88. The minimum atomic E-state index is -1.38. The summed E-state index contributed by atoms with van der Waals surface area (Å²) in [6.07, 6.45) is 1.38. The van der Waals surface area contributed by atoms with E-state index < -0.39 is 29.2 Å². The van der Waals surface area contributed by atoms with E-state index in [0.717, 1.165) is 4.47 Å². The molecule has 1 aromatic rings. The second-order valence-electron chi connectivity index (χ2n) is 5.51. The zero-order valence-electron chi connectivity index (χ0n) is 12.3. The predicted octanol–water partition coefficient (Wildman–Crippen LogP) is 3.72. The third-order valence-corrected chi connectivity index (χ3v) is 4.77. The van der Waals surface area contributed by atoms with Crippen LogP contribution in [0.5, 0.6) is 0 Å². The third-order valence-electron chi connectivity index (χ3n) is 3.99. The van der Waals surface area contributed by atoms with Gasteiger partial charge in [-0.25, -0.2) is 0 Å². The smallest absolute Gasteiger partial charge is 0.316 e. The molecule has 1 fully saturated rings. The summed E-state index contributed by atoms with van der Waals surface area (Å²) in [6, 6.07) is 7.03. The lowest BCUT2D eigenvalue weighted by Gasteiger charge is -2.38. The van der Waals surface area contributed by atoms with E-state index in [9.17, 15) is 14.7 Å². The zero-order valence-corrected chi connectivity index (χ0v) is 15.4. The molecule has 4 nitrogen and oxygen atoms in total. The Labute approximate surface area is 152 Å². The van der Waals surface area contributed by atoms with Crippen molar-refractivity contribution in [3.63, 3.8) is 0 Å². The van der Waals surface area contributed by atoms with Crippen molar-refractivity contribution in [3.8, 4) is 0 Å². The lowest BCUT2D eigenvalue weighted by atomic mass is 9.68. The molecule has 0 radical (unpaired) electrons. The number of rotatable bonds is 3. The number of carbonyl (C=O) groups is 2. The van der Waals surface area contributed by atoms with Gasteiger partial charge in [-0.15, -0.1) is 0 Å². The van der Waals surface area contributed by atoms with Gasteiger partial charge in [0.05, 0.1) is 12.7 Å². The normalized spacial score (nSPS) is 27.4. The minimum Gasteiger partial charge on any atom is -0.468 e. The average Bonchev–Trinajstić information content (AvgIpc) is 2.46. The van der Waals surface area contributed by atoms with Crippen LogP contribution in [0.1, 0.15) is 18.4 Å². The maximum atomic E-state index is 12.5. The van der Waals surface area contributed by atoms with Crippen LogP contribution < -0.4 is 0 Å². The molecular formula is C16H15BrCl2O4. The van der Waals surface area contributed by atoms with Crippen LogP contribution in [0.25, 0.3) is 0 Å². The van der Waals surface area contributed by atoms with Gasteiger partial charge in [0, 0.05) is 16.8 Å². The number of methoxy groups -OCH3 is 1. The Morgan fingerprint density at radius 1 is 1.39 bits per heavy atom. The van der Waals surface area contributed by atoms with Crippen LogP contribution in [0.4, 0.5) is 0 Å². The topological polar surface area (TPSA) is 63.6 Å². The van der Waals surface area contributed by atoms with E-state index in [0.29, 0.717) is 5.56 Å². The molecule has 1 N–H and O–H groups in total. The Kier molecular flexibility index (Phi) is 5.89. The Bertz CT molecular complexity index is 640. The molecule has 0 aromatic heterocycles. The van der Waals surface area contributed by atoms with Crippen LogP contribution in [0.15, 0.2) is 39.3 Å². The SMILES string of the molecule is COC(=O)C1C(=O)CC(O)(c2ccc(Br)cc2)CC1C=C(Cl)Cl. The number of Topliss-reactive ketones (excluding diaryl/α,β-unsaturated/α-hetero) is 1. The summed E-state index contributed by atoms with van der Waals surface area (Å²) in [6.45, 7) is 0. The van der Waals surface area contributed by atoms with E-state index in [1.807, 2.05) is 0 Å². The van der Waals surface area contributed by atoms with Gasteiger partial charge in [-0.2, -0.15) is 0 Å². The van der Waals surface area contributed by atoms with Gasteiger partial charge in [0.15, 0.2) is 5.78 Å². The number of allylic oxidation sites excluding steroid dienone is 1. The van der Waals surface area contributed by atoms with E-state index in [1.165, 1.54) is 13.2 Å². The molecule has 3 atom stereocenters. The summed E-state index contributed by atoms with van der Waals surface area (Å²) in [5.41, 5.74) is -0.784. The molecule has 3 unspecified atom stereocenters. The summed E-state index contributed by atoms with van der Waals surface area (Å²) >= 11 is 14.7. The first-order valence-corrected chi connectivity index (χ1v) is 8.43. The minimum absolute atomic E-state index is 0.0586. The molecule has 1 aliphatic rings. The van der Waals surface area contributed by atoms with Gasteiger partial charge in [0.1, 0.15) is 10.4 Å². The Morgan fingerprint density at radius 2 is 2.00 bits per heavy atom. The highest BCUT2D eigenvalue weighted by Crippen LogP contribution is 2.43.